The Morgan fingerprint density at radius 3 is 2.19 bits per heavy atom. The summed E-state index contributed by atoms with van der Waals surface area (Å²) in [5, 5.41) is 0.123. The lowest BCUT2D eigenvalue weighted by Crippen LogP contribution is -2.60. The zero-order chi connectivity index (χ0) is 27.2. The van der Waals surface area contributed by atoms with Crippen LogP contribution in [0, 0.1) is 29.8 Å². The second kappa shape index (κ2) is 12.3. The standard InChI is InChI=1S/C21H21ClFN3.C7H6F2.C2H6/c1-3-25-12-9-21(10-13-25)15(2)26(16-7-8-18(23)17(22)14-16)20(21)19-6-4-5-11-24-19;1-5-2-3-6(8)7(9)4-5;1-2/h3-8,11,14,20H,1-2,9-10,12-13H2;2-4H,1H3;1-2H3. The van der Waals surface area contributed by atoms with Crippen LogP contribution in [0.5, 0.6) is 0 Å². The molecule has 0 amide bonds. The van der Waals surface area contributed by atoms with Crippen molar-refractivity contribution in [2.75, 3.05) is 18.0 Å². The quantitative estimate of drug-likeness (QED) is 0.340. The van der Waals surface area contributed by atoms with Crippen molar-refractivity contribution < 1.29 is 13.2 Å². The van der Waals surface area contributed by atoms with Gasteiger partial charge in [-0.2, -0.15) is 0 Å². The van der Waals surface area contributed by atoms with Crippen molar-refractivity contribution in [1.82, 2.24) is 9.88 Å². The number of rotatable bonds is 3. The van der Waals surface area contributed by atoms with Gasteiger partial charge in [-0.15, -0.1) is 0 Å². The molecule has 3 heterocycles. The van der Waals surface area contributed by atoms with Crippen molar-refractivity contribution in [3.8, 4) is 0 Å². The smallest absolute Gasteiger partial charge is 0.159 e. The summed E-state index contributed by atoms with van der Waals surface area (Å²) in [5.41, 5.74) is 3.61. The molecule has 0 radical (unpaired) electrons. The van der Waals surface area contributed by atoms with E-state index in [1.54, 1.807) is 19.1 Å². The van der Waals surface area contributed by atoms with E-state index < -0.39 is 17.5 Å². The average Bonchev–Trinajstić information content (AvgIpc) is 2.93. The van der Waals surface area contributed by atoms with Crippen molar-refractivity contribution in [3.05, 3.63) is 120 Å². The van der Waals surface area contributed by atoms with Gasteiger partial charge in [0.2, 0.25) is 0 Å². The zero-order valence-corrected chi connectivity index (χ0v) is 22.3. The maximum absolute atomic E-state index is 13.6. The Morgan fingerprint density at radius 2 is 1.65 bits per heavy atom. The van der Waals surface area contributed by atoms with Crippen LogP contribution in [0.25, 0.3) is 0 Å². The summed E-state index contributed by atoms with van der Waals surface area (Å²) in [6.07, 6.45) is 5.70. The normalized spacial score (nSPS) is 17.7. The molecule has 0 N–H and O–H groups in total. The molecule has 0 saturated carbocycles. The lowest BCUT2D eigenvalue weighted by molar-refractivity contribution is 0.0881. The Balaban J connectivity index is 0.000000291. The highest BCUT2D eigenvalue weighted by molar-refractivity contribution is 6.31. The van der Waals surface area contributed by atoms with Crippen LogP contribution in [0.2, 0.25) is 5.02 Å². The summed E-state index contributed by atoms with van der Waals surface area (Å²) in [7, 11) is 0. The molecule has 1 unspecified atom stereocenters. The van der Waals surface area contributed by atoms with Crippen LogP contribution in [-0.4, -0.2) is 23.0 Å². The summed E-state index contributed by atoms with van der Waals surface area (Å²) >= 11 is 6.03. The van der Waals surface area contributed by atoms with Crippen LogP contribution in [0.15, 0.2) is 85.8 Å². The van der Waals surface area contributed by atoms with E-state index in [1.807, 2.05) is 38.4 Å². The van der Waals surface area contributed by atoms with Crippen LogP contribution >= 0.6 is 11.6 Å². The molecule has 37 heavy (non-hydrogen) atoms. The minimum Gasteiger partial charge on any atom is -0.378 e. The molecule has 1 atom stereocenters. The largest absolute Gasteiger partial charge is 0.378 e. The molecule has 1 aromatic heterocycles. The minimum atomic E-state index is -0.791. The van der Waals surface area contributed by atoms with Crippen molar-refractivity contribution in [3.63, 3.8) is 0 Å². The van der Waals surface area contributed by atoms with Gasteiger partial charge in [-0.3, -0.25) is 4.98 Å². The van der Waals surface area contributed by atoms with Crippen LogP contribution in [0.1, 0.15) is 44.0 Å². The Morgan fingerprint density at radius 1 is 0.973 bits per heavy atom. The Hall–Kier alpha value is -3.25. The van der Waals surface area contributed by atoms with Gasteiger partial charge in [0.1, 0.15) is 5.82 Å². The molecule has 2 saturated heterocycles. The average molecular weight is 528 g/mol. The molecule has 196 valence electrons. The highest BCUT2D eigenvalue weighted by Gasteiger charge is 2.58. The zero-order valence-electron chi connectivity index (χ0n) is 21.5. The molecule has 2 aromatic carbocycles. The summed E-state index contributed by atoms with van der Waals surface area (Å²) in [6, 6.07) is 14.7. The van der Waals surface area contributed by atoms with Crippen LogP contribution in [0.3, 0.4) is 0 Å². The molecule has 2 aliphatic heterocycles. The van der Waals surface area contributed by atoms with Gasteiger partial charge in [0.25, 0.3) is 0 Å². The fraction of sp³-hybridized carbons (Fsp3) is 0.300. The molecule has 0 bridgehead atoms. The summed E-state index contributed by atoms with van der Waals surface area (Å²) in [4.78, 5) is 9.01. The van der Waals surface area contributed by atoms with E-state index in [0.29, 0.717) is 0 Å². The third-order valence-corrected chi connectivity index (χ3v) is 7.11. The van der Waals surface area contributed by atoms with Gasteiger partial charge in [-0.25, -0.2) is 13.2 Å². The Kier molecular flexibility index (Phi) is 9.44. The lowest BCUT2D eigenvalue weighted by atomic mass is 9.61. The maximum Gasteiger partial charge on any atom is 0.159 e. The highest BCUT2D eigenvalue weighted by Crippen LogP contribution is 2.62. The fourth-order valence-electron chi connectivity index (χ4n) is 4.90. The molecule has 3 aromatic rings. The van der Waals surface area contributed by atoms with Crippen LogP contribution in [0.4, 0.5) is 18.9 Å². The van der Waals surface area contributed by atoms with E-state index in [2.05, 4.69) is 34.0 Å². The molecule has 7 heteroatoms. The molecular weight excluding hydrogens is 495 g/mol. The summed E-state index contributed by atoms with van der Waals surface area (Å²) in [6.45, 7) is 15.9. The number of halogens is 4. The van der Waals surface area contributed by atoms with Gasteiger partial charge < -0.3 is 9.80 Å². The topological polar surface area (TPSA) is 19.4 Å². The van der Waals surface area contributed by atoms with Crippen LogP contribution in [-0.2, 0) is 0 Å². The minimum absolute atomic E-state index is 0.0330. The fourth-order valence-corrected chi connectivity index (χ4v) is 5.07. The number of benzene rings is 2. The lowest BCUT2D eigenvalue weighted by Gasteiger charge is -2.62. The molecule has 2 aliphatic rings. The number of hydrogen-bond donors (Lipinski definition) is 0. The Labute approximate surface area is 222 Å². The van der Waals surface area contributed by atoms with Crippen molar-refractivity contribution >= 4 is 17.3 Å². The Bertz CT molecular complexity index is 1220. The monoisotopic (exact) mass is 527 g/mol. The number of aromatic nitrogens is 1. The van der Waals surface area contributed by atoms with Gasteiger partial charge in [0.05, 0.1) is 16.8 Å². The van der Waals surface area contributed by atoms with Gasteiger partial charge >= 0.3 is 0 Å². The number of piperidine rings is 1. The third kappa shape index (κ3) is 5.85. The van der Waals surface area contributed by atoms with E-state index >= 15 is 0 Å². The molecule has 5 rings (SSSR count). The highest BCUT2D eigenvalue weighted by atomic mass is 35.5. The van der Waals surface area contributed by atoms with Crippen molar-refractivity contribution in [2.45, 2.75) is 39.7 Å². The number of aryl methyl sites for hydroxylation is 1. The van der Waals surface area contributed by atoms with Crippen molar-refractivity contribution in [2.24, 2.45) is 5.41 Å². The van der Waals surface area contributed by atoms with Gasteiger partial charge in [-0.05, 0) is 74.0 Å². The van der Waals surface area contributed by atoms with E-state index in [4.69, 9.17) is 11.6 Å². The number of nitrogens with zero attached hydrogens (tertiary/aromatic N) is 3. The number of pyridine rings is 1. The van der Waals surface area contributed by atoms with E-state index in [-0.39, 0.29) is 16.5 Å². The van der Waals surface area contributed by atoms with Gasteiger partial charge in [0.15, 0.2) is 11.6 Å². The first-order valence-corrected chi connectivity index (χ1v) is 12.8. The first-order chi connectivity index (χ1) is 17.8. The van der Waals surface area contributed by atoms with Crippen molar-refractivity contribution in [1.29, 1.82) is 0 Å². The van der Waals surface area contributed by atoms with E-state index in [9.17, 15) is 13.2 Å². The van der Waals surface area contributed by atoms with Crippen LogP contribution < -0.4 is 4.90 Å². The predicted molar refractivity (Wildman–Crippen MR) is 146 cm³/mol. The molecule has 1 spiro atoms. The number of likely N-dealkylation sites (tertiary alicyclic amines) is 1. The molecular formula is C30H33ClF3N3. The third-order valence-electron chi connectivity index (χ3n) is 6.82. The SMILES string of the molecule is C=CN1CCC2(CC1)C(=C)N(c1ccc(F)c(Cl)c1)C2c1ccccn1.CC.Cc1ccc(F)c(F)c1. The number of anilines is 1. The van der Waals surface area contributed by atoms with Gasteiger partial charge in [-0.1, -0.05) is 50.7 Å². The van der Waals surface area contributed by atoms with E-state index in [1.165, 1.54) is 12.1 Å². The first-order valence-electron chi connectivity index (χ1n) is 12.4. The molecule has 0 aliphatic carbocycles. The predicted octanol–water partition coefficient (Wildman–Crippen LogP) is 8.47. The second-order valence-electron chi connectivity index (χ2n) is 8.86. The summed E-state index contributed by atoms with van der Waals surface area (Å²) < 4.78 is 38.0. The molecule has 2 fully saturated rings. The maximum atomic E-state index is 13.6. The van der Waals surface area contributed by atoms with E-state index in [0.717, 1.165) is 60.7 Å². The molecule has 3 nitrogen and oxygen atoms in total. The summed E-state index contributed by atoms with van der Waals surface area (Å²) in [5.74, 6) is -1.99. The van der Waals surface area contributed by atoms with Gasteiger partial charge in [0, 0.05) is 36.1 Å². The second-order valence-corrected chi connectivity index (χ2v) is 9.27. The number of hydrogen-bond acceptors (Lipinski definition) is 3. The first kappa shape index (κ1) is 28.3.